The van der Waals surface area contributed by atoms with Crippen LogP contribution in [0.25, 0.3) is 10.9 Å². The third kappa shape index (κ3) is 10.6. The van der Waals surface area contributed by atoms with Crippen molar-refractivity contribution in [1.82, 2.24) is 31.4 Å². The molecule has 1 heterocycles. The zero-order valence-corrected chi connectivity index (χ0v) is 25.8. The van der Waals surface area contributed by atoms with E-state index in [2.05, 4.69) is 26.4 Å². The molecule has 0 fully saturated rings. The van der Waals surface area contributed by atoms with Crippen molar-refractivity contribution in [2.24, 2.45) is 5.73 Å². The number of aliphatic hydroxyl groups is 1. The number of pyridine rings is 1. The molecule has 3 aromatic rings. The van der Waals surface area contributed by atoms with Gasteiger partial charge in [0.2, 0.25) is 11.8 Å². The van der Waals surface area contributed by atoms with Gasteiger partial charge in [-0.05, 0) is 58.7 Å². The first-order chi connectivity index (χ1) is 20.7. The van der Waals surface area contributed by atoms with E-state index < -0.39 is 53.9 Å². The molecule has 236 valence electrons. The molecule has 3 rings (SSSR count). The minimum absolute atomic E-state index is 0.0269. The standard InChI is InChI=1S/C32H43N7O5/c1-20(2)39(38-31(44)37-32(3,4)5)19-27(40)25(17-21-11-7-6-8-12-21)35-30(43)26(18-28(33)41)36-29(42)24-16-15-22-13-9-10-14-23(22)34-24/h6-16,20,25-27,40H,17-19H2,1-5H3,(H2,33,41)(H,35,43)(H,36,42)(H2,37,38,44)/t25-,26-,27?/m0/s1. The predicted molar refractivity (Wildman–Crippen MR) is 168 cm³/mol. The van der Waals surface area contributed by atoms with Gasteiger partial charge in [-0.2, -0.15) is 0 Å². The number of hydrogen-bond acceptors (Lipinski definition) is 7. The molecule has 0 spiro atoms. The number of aliphatic hydroxyl groups excluding tert-OH is 1. The van der Waals surface area contributed by atoms with Gasteiger partial charge in [-0.3, -0.25) is 19.8 Å². The number of hydrogen-bond donors (Lipinski definition) is 6. The van der Waals surface area contributed by atoms with Crippen molar-refractivity contribution in [2.45, 2.75) is 77.2 Å². The third-order valence-electron chi connectivity index (χ3n) is 6.69. The number of rotatable bonds is 13. The minimum atomic E-state index is -1.32. The Balaban J connectivity index is 1.80. The Hall–Kier alpha value is -4.55. The van der Waals surface area contributed by atoms with Crippen LogP contribution in [-0.2, 0) is 16.0 Å². The van der Waals surface area contributed by atoms with Crippen LogP contribution in [0.4, 0.5) is 4.79 Å². The smallest absolute Gasteiger partial charge is 0.329 e. The number of nitrogens with zero attached hydrogens (tertiary/aromatic N) is 2. The van der Waals surface area contributed by atoms with Gasteiger partial charge in [0.15, 0.2) is 0 Å². The van der Waals surface area contributed by atoms with Gasteiger partial charge in [0.05, 0.1) is 24.1 Å². The number of fused-ring (bicyclic) bond motifs is 1. The SMILES string of the molecule is CC(C)N(CC(O)[C@H](Cc1ccccc1)NC(=O)[C@H](CC(N)=O)NC(=O)c1ccc2ccccc2n1)NC(=O)NC(C)(C)C. The Morgan fingerprint density at radius 2 is 1.59 bits per heavy atom. The van der Waals surface area contributed by atoms with Crippen LogP contribution >= 0.6 is 0 Å². The molecule has 44 heavy (non-hydrogen) atoms. The maximum absolute atomic E-state index is 13.6. The van der Waals surface area contributed by atoms with E-state index in [-0.39, 0.29) is 24.7 Å². The second-order valence-corrected chi connectivity index (χ2v) is 12.0. The fourth-order valence-corrected chi connectivity index (χ4v) is 4.48. The fraction of sp³-hybridized carbons (Fsp3) is 0.406. The summed E-state index contributed by atoms with van der Waals surface area (Å²) < 4.78 is 0. The van der Waals surface area contributed by atoms with Gasteiger partial charge in [-0.25, -0.2) is 14.8 Å². The Bertz CT molecular complexity index is 1440. The summed E-state index contributed by atoms with van der Waals surface area (Å²) in [6, 6.07) is 17.0. The molecule has 12 nitrogen and oxygen atoms in total. The quantitative estimate of drug-likeness (QED) is 0.161. The van der Waals surface area contributed by atoms with Crippen molar-refractivity contribution in [3.63, 3.8) is 0 Å². The highest BCUT2D eigenvalue weighted by Crippen LogP contribution is 2.13. The zero-order chi connectivity index (χ0) is 32.4. The third-order valence-corrected chi connectivity index (χ3v) is 6.69. The van der Waals surface area contributed by atoms with E-state index in [0.717, 1.165) is 10.9 Å². The summed E-state index contributed by atoms with van der Waals surface area (Å²) in [6.45, 7) is 9.24. The summed E-state index contributed by atoms with van der Waals surface area (Å²) in [5.74, 6) is -2.15. The Morgan fingerprint density at radius 3 is 2.23 bits per heavy atom. The summed E-state index contributed by atoms with van der Waals surface area (Å²) in [5, 5.41) is 22.0. The molecule has 7 N–H and O–H groups in total. The number of amides is 5. The van der Waals surface area contributed by atoms with Crippen LogP contribution in [0.3, 0.4) is 0 Å². The number of benzene rings is 2. The van der Waals surface area contributed by atoms with E-state index in [1.165, 1.54) is 6.07 Å². The van der Waals surface area contributed by atoms with Gasteiger partial charge >= 0.3 is 6.03 Å². The summed E-state index contributed by atoms with van der Waals surface area (Å²) in [5.41, 5.74) is 9.23. The fourth-order valence-electron chi connectivity index (χ4n) is 4.48. The van der Waals surface area contributed by atoms with Crippen LogP contribution < -0.4 is 27.1 Å². The number of nitrogens with one attached hydrogen (secondary N) is 4. The lowest BCUT2D eigenvalue weighted by molar-refractivity contribution is -0.128. The monoisotopic (exact) mass is 605 g/mol. The van der Waals surface area contributed by atoms with Crippen molar-refractivity contribution >= 4 is 34.7 Å². The number of carbonyl (C=O) groups is 4. The molecule has 0 aliphatic carbocycles. The molecular weight excluding hydrogens is 562 g/mol. The average molecular weight is 606 g/mol. The number of para-hydroxylation sites is 1. The molecule has 0 aliphatic heterocycles. The highest BCUT2D eigenvalue weighted by Gasteiger charge is 2.31. The Labute approximate surface area is 257 Å². The van der Waals surface area contributed by atoms with E-state index in [0.29, 0.717) is 5.52 Å². The van der Waals surface area contributed by atoms with Crippen LogP contribution in [0.15, 0.2) is 66.7 Å². The summed E-state index contributed by atoms with van der Waals surface area (Å²) in [4.78, 5) is 55.5. The van der Waals surface area contributed by atoms with Gasteiger partial charge in [-0.1, -0.05) is 54.6 Å². The molecule has 0 aliphatic rings. The molecule has 0 bridgehead atoms. The summed E-state index contributed by atoms with van der Waals surface area (Å²) in [6.07, 6.45) is -1.40. The number of primary amides is 1. The molecule has 2 aromatic carbocycles. The molecule has 1 unspecified atom stereocenters. The topological polar surface area (TPSA) is 179 Å². The van der Waals surface area contributed by atoms with Gasteiger partial charge in [0, 0.05) is 23.5 Å². The first-order valence-corrected chi connectivity index (χ1v) is 14.5. The maximum atomic E-state index is 13.6. The normalized spacial score (nSPS) is 13.6. The average Bonchev–Trinajstić information content (AvgIpc) is 2.95. The Kier molecular flexibility index (Phi) is 11.8. The van der Waals surface area contributed by atoms with Crippen LogP contribution in [0.5, 0.6) is 0 Å². The van der Waals surface area contributed by atoms with Crippen LogP contribution in [-0.4, -0.2) is 75.2 Å². The highest BCUT2D eigenvalue weighted by molar-refractivity contribution is 5.99. The van der Waals surface area contributed by atoms with Crippen molar-refractivity contribution in [1.29, 1.82) is 0 Å². The number of nitrogens with two attached hydrogens (primary N) is 1. The molecule has 1 aromatic heterocycles. The molecule has 12 heteroatoms. The van der Waals surface area contributed by atoms with Crippen molar-refractivity contribution in [3.05, 3.63) is 78.0 Å². The Morgan fingerprint density at radius 1 is 0.932 bits per heavy atom. The largest absolute Gasteiger partial charge is 0.390 e. The zero-order valence-electron chi connectivity index (χ0n) is 25.8. The van der Waals surface area contributed by atoms with Crippen molar-refractivity contribution in [2.75, 3.05) is 6.54 Å². The first-order valence-electron chi connectivity index (χ1n) is 14.5. The molecule has 0 saturated carbocycles. The number of hydrazine groups is 1. The van der Waals surface area contributed by atoms with E-state index in [9.17, 15) is 24.3 Å². The highest BCUT2D eigenvalue weighted by atomic mass is 16.3. The van der Waals surface area contributed by atoms with Crippen LogP contribution in [0, 0.1) is 0 Å². The van der Waals surface area contributed by atoms with E-state index in [4.69, 9.17) is 5.73 Å². The summed E-state index contributed by atoms with van der Waals surface area (Å²) >= 11 is 0. The van der Waals surface area contributed by atoms with Gasteiger partial charge < -0.3 is 26.8 Å². The molecule has 5 amide bonds. The number of urea groups is 1. The lowest BCUT2D eigenvalue weighted by Gasteiger charge is -2.34. The van der Waals surface area contributed by atoms with Crippen LogP contribution in [0.1, 0.15) is 57.1 Å². The van der Waals surface area contributed by atoms with Crippen LogP contribution in [0.2, 0.25) is 0 Å². The predicted octanol–water partition coefficient (Wildman–Crippen LogP) is 2.02. The lowest BCUT2D eigenvalue weighted by atomic mass is 9.99. The minimum Gasteiger partial charge on any atom is -0.390 e. The van der Waals surface area contributed by atoms with Crippen molar-refractivity contribution < 1.29 is 24.3 Å². The van der Waals surface area contributed by atoms with E-state index in [1.807, 2.05) is 77.1 Å². The summed E-state index contributed by atoms with van der Waals surface area (Å²) in [7, 11) is 0. The molecule has 0 saturated heterocycles. The molecule has 3 atom stereocenters. The second kappa shape index (κ2) is 15.3. The van der Waals surface area contributed by atoms with Crippen molar-refractivity contribution in [3.8, 4) is 0 Å². The second-order valence-electron chi connectivity index (χ2n) is 12.0. The molecule has 0 radical (unpaired) electrons. The van der Waals surface area contributed by atoms with Gasteiger partial charge in [0.25, 0.3) is 5.91 Å². The maximum Gasteiger partial charge on any atom is 0.329 e. The van der Waals surface area contributed by atoms with Gasteiger partial charge in [-0.15, -0.1) is 0 Å². The lowest BCUT2D eigenvalue weighted by Crippen LogP contribution is -2.59. The first kappa shape index (κ1) is 33.9. The molecular formula is C32H43N7O5. The number of aromatic nitrogens is 1. The van der Waals surface area contributed by atoms with E-state index >= 15 is 0 Å². The van der Waals surface area contributed by atoms with Gasteiger partial charge in [0.1, 0.15) is 11.7 Å². The number of carbonyl (C=O) groups excluding carboxylic acids is 4. The van der Waals surface area contributed by atoms with E-state index in [1.54, 1.807) is 23.2 Å².